The highest BCUT2D eigenvalue weighted by atomic mass is 35.5. The molecule has 6 heteroatoms. The normalized spacial score (nSPS) is 14.0. The maximum absolute atomic E-state index is 12.5. The van der Waals surface area contributed by atoms with Crippen LogP contribution in [-0.4, -0.2) is 27.3 Å². The summed E-state index contributed by atoms with van der Waals surface area (Å²) in [6.45, 7) is 1.17. The molecule has 0 aliphatic carbocycles. The number of aromatic nitrogens is 2. The third-order valence-corrected chi connectivity index (χ3v) is 3.80. The van der Waals surface area contributed by atoms with Crippen molar-refractivity contribution in [1.82, 2.24) is 14.9 Å². The minimum atomic E-state index is -0.131. The zero-order chi connectivity index (χ0) is 14.1. The number of fused-ring (bicyclic) bond motifs is 1. The summed E-state index contributed by atoms with van der Waals surface area (Å²) in [6, 6.07) is 7.05. The van der Waals surface area contributed by atoms with Gasteiger partial charge in [-0.1, -0.05) is 29.3 Å². The van der Waals surface area contributed by atoms with Gasteiger partial charge >= 0.3 is 0 Å². The lowest BCUT2D eigenvalue weighted by atomic mass is 10.1. The molecule has 4 nitrogen and oxygen atoms in total. The van der Waals surface area contributed by atoms with E-state index in [0.29, 0.717) is 18.7 Å². The predicted molar refractivity (Wildman–Crippen MR) is 76.9 cm³/mol. The van der Waals surface area contributed by atoms with Crippen LogP contribution in [0.5, 0.6) is 0 Å². The van der Waals surface area contributed by atoms with E-state index in [2.05, 4.69) is 9.97 Å². The Labute approximate surface area is 126 Å². The fraction of sp³-hybridized carbons (Fsp3) is 0.214. The van der Waals surface area contributed by atoms with Gasteiger partial charge in [0.05, 0.1) is 5.56 Å². The van der Waals surface area contributed by atoms with E-state index in [-0.39, 0.29) is 16.2 Å². The van der Waals surface area contributed by atoms with Gasteiger partial charge in [-0.3, -0.25) is 9.78 Å². The monoisotopic (exact) mass is 307 g/mol. The molecule has 2 aromatic heterocycles. The molecule has 0 spiro atoms. The molecule has 1 aliphatic rings. The molecule has 0 aromatic carbocycles. The smallest absolute Gasteiger partial charge is 0.257 e. The van der Waals surface area contributed by atoms with Gasteiger partial charge < -0.3 is 4.90 Å². The van der Waals surface area contributed by atoms with Crippen LogP contribution in [0.1, 0.15) is 21.6 Å². The number of nitrogens with zero attached hydrogens (tertiary/aromatic N) is 3. The standard InChI is InChI=1S/C14H11Cl2N3O/c15-12-4-3-10(13(16)18-12)14(20)19-7-5-11-9(8-19)2-1-6-17-11/h1-4,6H,5,7-8H2. The zero-order valence-corrected chi connectivity index (χ0v) is 12.0. The first-order chi connectivity index (χ1) is 9.65. The molecule has 0 atom stereocenters. The Morgan fingerprint density at radius 1 is 1.25 bits per heavy atom. The van der Waals surface area contributed by atoms with E-state index in [9.17, 15) is 4.79 Å². The van der Waals surface area contributed by atoms with Gasteiger partial charge in [-0.2, -0.15) is 0 Å². The minimum Gasteiger partial charge on any atom is -0.334 e. The number of halogens is 2. The van der Waals surface area contributed by atoms with Crippen molar-refractivity contribution in [2.24, 2.45) is 0 Å². The van der Waals surface area contributed by atoms with E-state index in [1.54, 1.807) is 23.2 Å². The molecule has 20 heavy (non-hydrogen) atoms. The second-order valence-electron chi connectivity index (χ2n) is 4.56. The third kappa shape index (κ3) is 2.49. The highest BCUT2D eigenvalue weighted by Crippen LogP contribution is 2.22. The van der Waals surface area contributed by atoms with Crippen LogP contribution < -0.4 is 0 Å². The average molecular weight is 308 g/mol. The van der Waals surface area contributed by atoms with Crippen molar-refractivity contribution in [3.8, 4) is 0 Å². The van der Waals surface area contributed by atoms with Crippen LogP contribution >= 0.6 is 23.2 Å². The van der Waals surface area contributed by atoms with E-state index < -0.39 is 0 Å². The van der Waals surface area contributed by atoms with Crippen LogP contribution in [0.15, 0.2) is 30.5 Å². The van der Waals surface area contributed by atoms with E-state index in [1.807, 2.05) is 12.1 Å². The topological polar surface area (TPSA) is 46.1 Å². The van der Waals surface area contributed by atoms with E-state index in [0.717, 1.165) is 17.7 Å². The van der Waals surface area contributed by atoms with Gasteiger partial charge in [-0.05, 0) is 23.8 Å². The maximum atomic E-state index is 12.5. The first-order valence-electron chi connectivity index (χ1n) is 6.19. The van der Waals surface area contributed by atoms with Gasteiger partial charge in [0.1, 0.15) is 10.3 Å². The molecular weight excluding hydrogens is 297 g/mol. The number of carbonyl (C=O) groups is 1. The van der Waals surface area contributed by atoms with Crippen molar-refractivity contribution in [1.29, 1.82) is 0 Å². The Morgan fingerprint density at radius 3 is 2.90 bits per heavy atom. The van der Waals surface area contributed by atoms with Crippen molar-refractivity contribution < 1.29 is 4.79 Å². The Balaban J connectivity index is 1.86. The first kappa shape index (κ1) is 13.3. The maximum Gasteiger partial charge on any atom is 0.257 e. The summed E-state index contributed by atoms with van der Waals surface area (Å²) in [7, 11) is 0. The van der Waals surface area contributed by atoms with Gasteiger partial charge in [-0.15, -0.1) is 0 Å². The average Bonchev–Trinajstić information content (AvgIpc) is 2.46. The molecule has 0 unspecified atom stereocenters. The largest absolute Gasteiger partial charge is 0.334 e. The van der Waals surface area contributed by atoms with Crippen LogP contribution in [-0.2, 0) is 13.0 Å². The fourth-order valence-corrected chi connectivity index (χ4v) is 2.71. The number of carbonyl (C=O) groups excluding carboxylic acids is 1. The Kier molecular flexibility index (Phi) is 3.59. The van der Waals surface area contributed by atoms with Gasteiger partial charge in [-0.25, -0.2) is 4.98 Å². The van der Waals surface area contributed by atoms with Gasteiger partial charge in [0.2, 0.25) is 0 Å². The molecule has 1 aliphatic heterocycles. The second-order valence-corrected chi connectivity index (χ2v) is 5.30. The first-order valence-corrected chi connectivity index (χ1v) is 6.95. The van der Waals surface area contributed by atoms with Gasteiger partial charge in [0, 0.05) is 31.4 Å². The SMILES string of the molecule is O=C(c1ccc(Cl)nc1Cl)N1CCc2ncccc2C1. The summed E-state index contributed by atoms with van der Waals surface area (Å²) in [5, 5.41) is 0.416. The lowest BCUT2D eigenvalue weighted by molar-refractivity contribution is 0.0733. The van der Waals surface area contributed by atoms with Crippen LogP contribution in [0.25, 0.3) is 0 Å². The molecular formula is C14H11Cl2N3O. The molecule has 3 heterocycles. The summed E-state index contributed by atoms with van der Waals surface area (Å²) in [5.41, 5.74) is 2.51. The van der Waals surface area contributed by atoms with E-state index in [1.165, 1.54) is 0 Å². The van der Waals surface area contributed by atoms with Crippen LogP contribution in [0, 0.1) is 0 Å². The molecule has 3 rings (SSSR count). The molecule has 2 aromatic rings. The quantitative estimate of drug-likeness (QED) is 0.761. The fourth-order valence-electron chi connectivity index (χ4n) is 2.28. The molecule has 0 radical (unpaired) electrons. The Hall–Kier alpha value is -1.65. The van der Waals surface area contributed by atoms with Crippen LogP contribution in [0.3, 0.4) is 0 Å². The summed E-state index contributed by atoms with van der Waals surface area (Å²) >= 11 is 11.7. The van der Waals surface area contributed by atoms with Gasteiger partial charge in [0.25, 0.3) is 5.91 Å². The van der Waals surface area contributed by atoms with Gasteiger partial charge in [0.15, 0.2) is 0 Å². The van der Waals surface area contributed by atoms with Crippen LogP contribution in [0.4, 0.5) is 0 Å². The molecule has 0 saturated carbocycles. The summed E-state index contributed by atoms with van der Waals surface area (Å²) in [4.78, 5) is 22.5. The Bertz CT molecular complexity index is 675. The molecule has 1 amide bonds. The number of pyridine rings is 2. The zero-order valence-electron chi connectivity index (χ0n) is 10.5. The lowest BCUT2D eigenvalue weighted by Crippen LogP contribution is -2.36. The summed E-state index contributed by atoms with van der Waals surface area (Å²) in [6.07, 6.45) is 2.52. The Morgan fingerprint density at radius 2 is 2.10 bits per heavy atom. The summed E-state index contributed by atoms with van der Waals surface area (Å²) < 4.78 is 0. The van der Waals surface area contributed by atoms with Crippen LogP contribution in [0.2, 0.25) is 10.3 Å². The summed E-state index contributed by atoms with van der Waals surface area (Å²) in [5.74, 6) is -0.131. The number of hydrogen-bond acceptors (Lipinski definition) is 3. The number of hydrogen-bond donors (Lipinski definition) is 0. The van der Waals surface area contributed by atoms with Crippen molar-refractivity contribution in [2.45, 2.75) is 13.0 Å². The third-order valence-electron chi connectivity index (χ3n) is 3.30. The molecule has 102 valence electrons. The number of rotatable bonds is 1. The molecule has 0 N–H and O–H groups in total. The van der Waals surface area contributed by atoms with Crippen molar-refractivity contribution in [3.63, 3.8) is 0 Å². The van der Waals surface area contributed by atoms with Crippen molar-refractivity contribution >= 4 is 29.1 Å². The molecule has 0 fully saturated rings. The lowest BCUT2D eigenvalue weighted by Gasteiger charge is -2.28. The van der Waals surface area contributed by atoms with Crippen molar-refractivity contribution in [3.05, 3.63) is 57.6 Å². The van der Waals surface area contributed by atoms with Crippen molar-refractivity contribution in [2.75, 3.05) is 6.54 Å². The minimum absolute atomic E-state index is 0.131. The molecule has 0 bridgehead atoms. The highest BCUT2D eigenvalue weighted by Gasteiger charge is 2.24. The van der Waals surface area contributed by atoms with E-state index >= 15 is 0 Å². The predicted octanol–water partition coefficient (Wildman–Crippen LogP) is 2.98. The second kappa shape index (κ2) is 5.38. The van der Waals surface area contributed by atoms with E-state index in [4.69, 9.17) is 23.2 Å². The highest BCUT2D eigenvalue weighted by molar-refractivity contribution is 6.34. The molecule has 0 saturated heterocycles. The number of amides is 1.